The highest BCUT2D eigenvalue weighted by Crippen LogP contribution is 2.26. The third kappa shape index (κ3) is 2.93. The van der Waals surface area contributed by atoms with Crippen molar-refractivity contribution in [2.24, 2.45) is 0 Å². The van der Waals surface area contributed by atoms with E-state index in [1.165, 1.54) is 0 Å². The zero-order valence-electron chi connectivity index (χ0n) is 12.1. The molecule has 2 aromatic rings. The van der Waals surface area contributed by atoms with Crippen LogP contribution in [0.2, 0.25) is 0 Å². The van der Waals surface area contributed by atoms with Crippen molar-refractivity contribution in [3.8, 4) is 0 Å². The summed E-state index contributed by atoms with van der Waals surface area (Å²) in [4.78, 5) is 16.9. The van der Waals surface area contributed by atoms with E-state index in [1.807, 2.05) is 23.6 Å². The van der Waals surface area contributed by atoms with Crippen molar-refractivity contribution in [3.05, 3.63) is 45.9 Å². The number of aromatic nitrogens is 1. The predicted molar refractivity (Wildman–Crippen MR) is 85.9 cm³/mol. The van der Waals surface area contributed by atoms with Gasteiger partial charge >= 0.3 is 0 Å². The Balaban J connectivity index is 1.82. The molecule has 5 heteroatoms. The topological polar surface area (TPSA) is 54.0 Å². The van der Waals surface area contributed by atoms with Gasteiger partial charge in [-0.2, -0.15) is 0 Å². The van der Waals surface area contributed by atoms with E-state index in [0.717, 1.165) is 47.6 Å². The molecule has 0 radical (unpaired) electrons. The molecule has 0 spiro atoms. The molecule has 2 heterocycles. The minimum Gasteiger partial charge on any atom is -0.385 e. The van der Waals surface area contributed by atoms with Crippen molar-refractivity contribution in [3.63, 3.8) is 0 Å². The first-order valence-corrected chi connectivity index (χ1v) is 8.23. The van der Waals surface area contributed by atoms with Crippen molar-refractivity contribution >= 4 is 22.9 Å². The van der Waals surface area contributed by atoms with Gasteiger partial charge < -0.3 is 10.6 Å². The second-order valence-corrected chi connectivity index (χ2v) is 6.09. The van der Waals surface area contributed by atoms with Gasteiger partial charge in [-0.25, -0.2) is 4.98 Å². The number of anilines is 1. The number of nitrogens with zero attached hydrogens (tertiary/aromatic N) is 1. The maximum atomic E-state index is 12.6. The van der Waals surface area contributed by atoms with Gasteiger partial charge in [-0.15, -0.1) is 11.3 Å². The van der Waals surface area contributed by atoms with Gasteiger partial charge in [0.2, 0.25) is 0 Å². The summed E-state index contributed by atoms with van der Waals surface area (Å²) in [6, 6.07) is 5.89. The minimum absolute atomic E-state index is 0.00222. The Bertz CT molecular complexity index is 624. The maximum absolute atomic E-state index is 12.6. The summed E-state index contributed by atoms with van der Waals surface area (Å²) in [5, 5.41) is 9.39. The van der Waals surface area contributed by atoms with Crippen LogP contribution in [0.5, 0.6) is 0 Å². The van der Waals surface area contributed by atoms with Crippen molar-refractivity contribution < 1.29 is 4.79 Å². The molecule has 3 rings (SSSR count). The van der Waals surface area contributed by atoms with E-state index in [4.69, 9.17) is 0 Å². The lowest BCUT2D eigenvalue weighted by molar-refractivity contribution is 0.0934. The molecule has 0 saturated carbocycles. The number of benzene rings is 1. The number of nitrogens with one attached hydrogen (secondary N) is 2. The first-order chi connectivity index (χ1) is 10.3. The third-order valence-corrected chi connectivity index (χ3v) is 4.69. The lowest BCUT2D eigenvalue weighted by Gasteiger charge is -2.22. The third-order valence-electron chi connectivity index (χ3n) is 3.80. The van der Waals surface area contributed by atoms with Crippen LogP contribution >= 0.6 is 11.3 Å². The molecule has 0 fully saturated rings. The Labute approximate surface area is 128 Å². The Morgan fingerprint density at radius 2 is 2.43 bits per heavy atom. The molecule has 1 aliphatic rings. The molecule has 1 aromatic carbocycles. The molecule has 21 heavy (non-hydrogen) atoms. The quantitative estimate of drug-likeness (QED) is 0.910. The van der Waals surface area contributed by atoms with Crippen molar-refractivity contribution in [1.82, 2.24) is 10.3 Å². The Morgan fingerprint density at radius 3 is 3.19 bits per heavy atom. The number of amides is 1. The predicted octanol–water partition coefficient (Wildman–Crippen LogP) is 3.38. The summed E-state index contributed by atoms with van der Waals surface area (Å²) in [6.45, 7) is 3.04. The van der Waals surface area contributed by atoms with Gasteiger partial charge in [0, 0.05) is 29.4 Å². The highest BCUT2D eigenvalue weighted by molar-refractivity contribution is 7.09. The van der Waals surface area contributed by atoms with E-state index in [0.29, 0.717) is 0 Å². The molecule has 2 N–H and O–H groups in total. The molecule has 1 aliphatic heterocycles. The lowest BCUT2D eigenvalue weighted by Crippen LogP contribution is -2.29. The van der Waals surface area contributed by atoms with Crippen LogP contribution in [0, 0.1) is 0 Å². The maximum Gasteiger partial charge on any atom is 0.252 e. The van der Waals surface area contributed by atoms with Gasteiger partial charge in [-0.3, -0.25) is 4.79 Å². The molecule has 0 aliphatic carbocycles. The van der Waals surface area contributed by atoms with Crippen LogP contribution < -0.4 is 10.6 Å². The summed E-state index contributed by atoms with van der Waals surface area (Å²) in [5.41, 5.74) is 3.01. The number of carbonyl (C=O) groups is 1. The fourth-order valence-corrected chi connectivity index (χ4v) is 3.48. The first-order valence-electron chi connectivity index (χ1n) is 7.35. The van der Waals surface area contributed by atoms with E-state index in [-0.39, 0.29) is 11.9 Å². The van der Waals surface area contributed by atoms with Crippen LogP contribution in [0.4, 0.5) is 5.69 Å². The summed E-state index contributed by atoms with van der Waals surface area (Å²) in [7, 11) is 0. The monoisotopic (exact) mass is 301 g/mol. The highest BCUT2D eigenvalue weighted by atomic mass is 32.1. The number of hydrogen-bond acceptors (Lipinski definition) is 4. The number of carbonyl (C=O) groups excluding carboxylic acids is 1. The summed E-state index contributed by atoms with van der Waals surface area (Å²) in [6.07, 6.45) is 4.65. The standard InChI is InChI=1S/C16H19N3OS/c1-2-13(16-18-9-10-21-16)19-15(20)12-5-3-7-14-11(12)6-4-8-17-14/h3,5,7,9-10,13,17H,2,4,6,8H2,1H3,(H,19,20). The average Bonchev–Trinajstić information content (AvgIpc) is 3.06. The van der Waals surface area contributed by atoms with E-state index < -0.39 is 0 Å². The molecule has 0 saturated heterocycles. The average molecular weight is 301 g/mol. The van der Waals surface area contributed by atoms with Gasteiger partial charge in [0.05, 0.1) is 6.04 Å². The van der Waals surface area contributed by atoms with Gasteiger partial charge in [-0.05, 0) is 37.0 Å². The number of thiazole rings is 1. The van der Waals surface area contributed by atoms with Gasteiger partial charge in [0.15, 0.2) is 0 Å². The smallest absolute Gasteiger partial charge is 0.252 e. The second-order valence-electron chi connectivity index (χ2n) is 5.17. The summed E-state index contributed by atoms with van der Waals surface area (Å²) < 4.78 is 0. The first kappa shape index (κ1) is 14.1. The van der Waals surface area contributed by atoms with Gasteiger partial charge in [-0.1, -0.05) is 13.0 Å². The van der Waals surface area contributed by atoms with Gasteiger partial charge in [0.1, 0.15) is 5.01 Å². The number of fused-ring (bicyclic) bond motifs is 1. The highest BCUT2D eigenvalue weighted by Gasteiger charge is 2.20. The molecular formula is C16H19N3OS. The molecule has 0 bridgehead atoms. The Hall–Kier alpha value is -1.88. The zero-order chi connectivity index (χ0) is 14.7. The fourth-order valence-electron chi connectivity index (χ4n) is 2.70. The molecule has 1 amide bonds. The van der Waals surface area contributed by atoms with Crippen molar-refractivity contribution in [2.45, 2.75) is 32.2 Å². The SMILES string of the molecule is CCC(NC(=O)c1cccc2c1CCCN2)c1nccs1. The van der Waals surface area contributed by atoms with E-state index in [2.05, 4.69) is 22.5 Å². The van der Waals surface area contributed by atoms with Crippen LogP contribution in [0.15, 0.2) is 29.8 Å². The lowest BCUT2D eigenvalue weighted by atomic mass is 9.97. The molecule has 110 valence electrons. The van der Waals surface area contributed by atoms with Crippen LogP contribution in [0.1, 0.15) is 46.7 Å². The fraction of sp³-hybridized carbons (Fsp3) is 0.375. The summed E-state index contributed by atoms with van der Waals surface area (Å²) in [5.74, 6) is -0.00222. The van der Waals surface area contributed by atoms with Crippen LogP contribution in [-0.2, 0) is 6.42 Å². The molecule has 1 atom stereocenters. The van der Waals surface area contributed by atoms with Crippen molar-refractivity contribution in [2.75, 3.05) is 11.9 Å². The van der Waals surface area contributed by atoms with Crippen LogP contribution in [0.3, 0.4) is 0 Å². The minimum atomic E-state index is -0.00935. The number of rotatable bonds is 4. The largest absolute Gasteiger partial charge is 0.385 e. The zero-order valence-corrected chi connectivity index (χ0v) is 12.9. The molecular weight excluding hydrogens is 282 g/mol. The van der Waals surface area contributed by atoms with Crippen molar-refractivity contribution in [1.29, 1.82) is 0 Å². The molecule has 1 unspecified atom stereocenters. The Kier molecular flexibility index (Phi) is 4.20. The summed E-state index contributed by atoms with van der Waals surface area (Å²) >= 11 is 1.58. The normalized spacial score (nSPS) is 14.9. The molecule has 4 nitrogen and oxygen atoms in total. The second kappa shape index (κ2) is 6.26. The van der Waals surface area contributed by atoms with E-state index in [9.17, 15) is 4.79 Å². The van der Waals surface area contributed by atoms with Crippen LogP contribution in [0.25, 0.3) is 0 Å². The van der Waals surface area contributed by atoms with Gasteiger partial charge in [0.25, 0.3) is 5.91 Å². The number of hydrogen-bond donors (Lipinski definition) is 2. The van der Waals surface area contributed by atoms with E-state index >= 15 is 0 Å². The van der Waals surface area contributed by atoms with E-state index in [1.54, 1.807) is 17.5 Å². The Morgan fingerprint density at radius 1 is 1.52 bits per heavy atom. The van der Waals surface area contributed by atoms with Crippen LogP contribution in [-0.4, -0.2) is 17.4 Å². The molecule has 1 aromatic heterocycles.